The van der Waals surface area contributed by atoms with E-state index in [1.54, 1.807) is 25.4 Å². The molecule has 15 heavy (non-hydrogen) atoms. The first-order valence-corrected chi connectivity index (χ1v) is 6.85. The van der Waals surface area contributed by atoms with Crippen molar-refractivity contribution in [3.63, 3.8) is 0 Å². The number of sulfonamides is 1. The van der Waals surface area contributed by atoms with E-state index in [4.69, 9.17) is 9.88 Å². The summed E-state index contributed by atoms with van der Waals surface area (Å²) in [5.74, 6) is 1.02. The van der Waals surface area contributed by atoms with Crippen LogP contribution in [0.3, 0.4) is 0 Å². The van der Waals surface area contributed by atoms with E-state index in [0.717, 1.165) is 5.03 Å². The van der Waals surface area contributed by atoms with Gasteiger partial charge in [0.25, 0.3) is 0 Å². The fourth-order valence-electron chi connectivity index (χ4n) is 0.835. The number of hydrogen-bond acceptors (Lipinski definition) is 5. The van der Waals surface area contributed by atoms with Gasteiger partial charge in [0.15, 0.2) is 0 Å². The molecule has 0 radical (unpaired) electrons. The van der Waals surface area contributed by atoms with Crippen molar-refractivity contribution in [2.45, 2.75) is 5.03 Å². The van der Waals surface area contributed by atoms with Gasteiger partial charge in [0.1, 0.15) is 5.75 Å². The number of primary sulfonamides is 1. The fraction of sp³-hybridized carbons (Fsp3) is 0.375. The maximum atomic E-state index is 10.6. The summed E-state index contributed by atoms with van der Waals surface area (Å²) >= 11 is 1.34. The maximum Gasteiger partial charge on any atom is 0.209 e. The van der Waals surface area contributed by atoms with Crippen molar-refractivity contribution < 1.29 is 13.2 Å². The molecule has 1 aromatic heterocycles. The summed E-state index contributed by atoms with van der Waals surface area (Å²) in [6.07, 6.45) is 1.58. The highest BCUT2D eigenvalue weighted by molar-refractivity contribution is 8.00. The number of methoxy groups -OCH3 is 1. The number of hydrogen-bond donors (Lipinski definition) is 1. The first-order valence-electron chi connectivity index (χ1n) is 4.14. The number of pyridine rings is 1. The van der Waals surface area contributed by atoms with Crippen LogP contribution in [0.5, 0.6) is 5.75 Å². The average Bonchev–Trinajstić information content (AvgIpc) is 2.17. The van der Waals surface area contributed by atoms with Crippen LogP contribution in [-0.2, 0) is 10.0 Å². The number of ether oxygens (including phenoxy) is 1. The molecule has 5 nitrogen and oxygen atoms in total. The Hall–Kier alpha value is -0.790. The predicted octanol–water partition coefficient (Wildman–Crippen LogP) is 0.471. The van der Waals surface area contributed by atoms with Crippen LogP contribution in [0.4, 0.5) is 0 Å². The lowest BCUT2D eigenvalue weighted by molar-refractivity contribution is 0.412. The molecule has 0 saturated carbocycles. The summed E-state index contributed by atoms with van der Waals surface area (Å²) in [5, 5.41) is 5.61. The zero-order valence-corrected chi connectivity index (χ0v) is 9.85. The molecule has 1 aromatic rings. The first-order chi connectivity index (χ1) is 7.01. The van der Waals surface area contributed by atoms with Gasteiger partial charge in [-0.25, -0.2) is 18.5 Å². The summed E-state index contributed by atoms with van der Waals surface area (Å²) in [5.41, 5.74) is 0. The van der Waals surface area contributed by atoms with Gasteiger partial charge >= 0.3 is 0 Å². The average molecular weight is 248 g/mol. The molecule has 0 fully saturated rings. The van der Waals surface area contributed by atoms with Crippen molar-refractivity contribution in [3.05, 3.63) is 18.3 Å². The standard InChI is InChI=1S/C8H12N2O3S2/c1-13-7-2-3-8(10-6-7)14-4-5-15(9,11)12/h2-3,6H,4-5H2,1H3,(H2,9,11,12). The normalized spacial score (nSPS) is 11.3. The van der Waals surface area contributed by atoms with Gasteiger partial charge in [0.05, 0.1) is 24.1 Å². The summed E-state index contributed by atoms with van der Waals surface area (Å²) in [4.78, 5) is 4.07. The zero-order valence-electron chi connectivity index (χ0n) is 8.21. The minimum absolute atomic E-state index is 0.0502. The second-order valence-electron chi connectivity index (χ2n) is 2.75. The van der Waals surface area contributed by atoms with Gasteiger partial charge < -0.3 is 4.74 Å². The minimum Gasteiger partial charge on any atom is -0.495 e. The van der Waals surface area contributed by atoms with Gasteiger partial charge in [-0.1, -0.05) is 0 Å². The van der Waals surface area contributed by atoms with Crippen LogP contribution < -0.4 is 9.88 Å². The molecule has 7 heteroatoms. The molecule has 0 aromatic carbocycles. The smallest absolute Gasteiger partial charge is 0.209 e. The van der Waals surface area contributed by atoms with E-state index in [9.17, 15) is 8.42 Å². The maximum absolute atomic E-state index is 10.6. The third-order valence-corrected chi connectivity index (χ3v) is 3.54. The van der Waals surface area contributed by atoms with Crippen molar-refractivity contribution >= 4 is 21.8 Å². The Kier molecular flexibility index (Phi) is 4.37. The third-order valence-electron chi connectivity index (χ3n) is 1.56. The van der Waals surface area contributed by atoms with E-state index in [1.165, 1.54) is 11.8 Å². The Balaban J connectivity index is 2.45. The summed E-state index contributed by atoms with van der Waals surface area (Å²) in [6.45, 7) is 0. The van der Waals surface area contributed by atoms with Gasteiger partial charge in [0.2, 0.25) is 10.0 Å². The van der Waals surface area contributed by atoms with Gasteiger partial charge in [0, 0.05) is 5.75 Å². The molecule has 0 amide bonds. The molecule has 0 bridgehead atoms. The molecular formula is C8H12N2O3S2. The molecular weight excluding hydrogens is 236 g/mol. The Morgan fingerprint density at radius 3 is 2.73 bits per heavy atom. The lowest BCUT2D eigenvalue weighted by Crippen LogP contribution is -2.17. The van der Waals surface area contributed by atoms with Crippen LogP contribution in [-0.4, -0.2) is 32.0 Å². The minimum atomic E-state index is -3.38. The third kappa shape index (κ3) is 5.01. The number of nitrogens with zero attached hydrogens (tertiary/aromatic N) is 1. The fourth-order valence-corrected chi connectivity index (χ4v) is 2.60. The molecule has 0 spiro atoms. The van der Waals surface area contributed by atoms with Crippen molar-refractivity contribution in [2.75, 3.05) is 18.6 Å². The molecule has 0 atom stereocenters. The van der Waals surface area contributed by atoms with E-state index in [-0.39, 0.29) is 5.75 Å². The largest absolute Gasteiger partial charge is 0.495 e. The monoisotopic (exact) mass is 248 g/mol. The number of aromatic nitrogens is 1. The molecule has 0 aliphatic heterocycles. The van der Waals surface area contributed by atoms with Crippen LogP contribution in [0, 0.1) is 0 Å². The quantitative estimate of drug-likeness (QED) is 0.766. The van der Waals surface area contributed by atoms with Crippen molar-refractivity contribution in [1.29, 1.82) is 0 Å². The Bertz CT molecular complexity index is 402. The van der Waals surface area contributed by atoms with E-state index in [0.29, 0.717) is 11.5 Å². The molecule has 1 heterocycles. The van der Waals surface area contributed by atoms with Crippen molar-refractivity contribution in [2.24, 2.45) is 5.14 Å². The molecule has 0 saturated heterocycles. The molecule has 0 unspecified atom stereocenters. The van der Waals surface area contributed by atoms with Gasteiger partial charge in [-0.05, 0) is 12.1 Å². The topological polar surface area (TPSA) is 82.3 Å². The number of rotatable bonds is 5. The first kappa shape index (κ1) is 12.3. The molecule has 2 N–H and O–H groups in total. The highest BCUT2D eigenvalue weighted by atomic mass is 32.2. The predicted molar refractivity (Wildman–Crippen MR) is 59.5 cm³/mol. The summed E-state index contributed by atoms with van der Waals surface area (Å²) in [7, 11) is -1.82. The number of thioether (sulfide) groups is 1. The van der Waals surface area contributed by atoms with Gasteiger partial charge in [-0.2, -0.15) is 0 Å². The van der Waals surface area contributed by atoms with Gasteiger partial charge in [-0.3, -0.25) is 0 Å². The number of nitrogens with two attached hydrogens (primary N) is 1. The SMILES string of the molecule is COc1ccc(SCCS(N)(=O)=O)nc1. The Morgan fingerprint density at radius 2 is 2.27 bits per heavy atom. The lowest BCUT2D eigenvalue weighted by Gasteiger charge is -2.01. The van der Waals surface area contributed by atoms with Crippen LogP contribution in [0.2, 0.25) is 0 Å². The van der Waals surface area contributed by atoms with E-state index < -0.39 is 10.0 Å². The molecule has 0 aliphatic carbocycles. The van der Waals surface area contributed by atoms with Crippen LogP contribution in [0.15, 0.2) is 23.4 Å². The molecule has 84 valence electrons. The van der Waals surface area contributed by atoms with Gasteiger partial charge in [-0.15, -0.1) is 11.8 Å². The molecule has 0 aliphatic rings. The van der Waals surface area contributed by atoms with Crippen LogP contribution in [0.1, 0.15) is 0 Å². The van der Waals surface area contributed by atoms with Crippen LogP contribution in [0.25, 0.3) is 0 Å². The van der Waals surface area contributed by atoms with E-state index >= 15 is 0 Å². The second kappa shape index (κ2) is 5.34. The van der Waals surface area contributed by atoms with E-state index in [2.05, 4.69) is 4.98 Å². The summed E-state index contributed by atoms with van der Waals surface area (Å²) in [6, 6.07) is 3.54. The van der Waals surface area contributed by atoms with Crippen LogP contribution >= 0.6 is 11.8 Å². The van der Waals surface area contributed by atoms with Crippen molar-refractivity contribution in [3.8, 4) is 5.75 Å². The highest BCUT2D eigenvalue weighted by Gasteiger charge is 2.03. The lowest BCUT2D eigenvalue weighted by atomic mass is 10.5. The second-order valence-corrected chi connectivity index (χ2v) is 5.60. The molecule has 1 rings (SSSR count). The van der Waals surface area contributed by atoms with Crippen molar-refractivity contribution in [1.82, 2.24) is 4.98 Å². The Labute approximate surface area is 93.1 Å². The zero-order chi connectivity index (χ0) is 11.3. The highest BCUT2D eigenvalue weighted by Crippen LogP contribution is 2.17. The Morgan fingerprint density at radius 1 is 1.53 bits per heavy atom. The van der Waals surface area contributed by atoms with E-state index in [1.807, 2.05) is 0 Å². The summed E-state index contributed by atoms with van der Waals surface area (Å²) < 4.78 is 26.2.